The molecular formula is C26H31N5O. The number of ether oxygens (including phenoxy) is 1. The van der Waals surface area contributed by atoms with E-state index in [4.69, 9.17) is 14.7 Å². The second-order valence-electron chi connectivity index (χ2n) is 8.94. The lowest BCUT2D eigenvalue weighted by Gasteiger charge is -2.44. The highest BCUT2D eigenvalue weighted by Gasteiger charge is 2.32. The second kappa shape index (κ2) is 8.43. The van der Waals surface area contributed by atoms with Gasteiger partial charge in [0.1, 0.15) is 11.3 Å². The van der Waals surface area contributed by atoms with Gasteiger partial charge < -0.3 is 19.4 Å². The van der Waals surface area contributed by atoms with E-state index in [0.717, 1.165) is 73.1 Å². The molecule has 2 fully saturated rings. The van der Waals surface area contributed by atoms with E-state index in [1.807, 2.05) is 25.2 Å². The first-order valence-electron chi connectivity index (χ1n) is 11.3. The average molecular weight is 430 g/mol. The van der Waals surface area contributed by atoms with E-state index in [0.29, 0.717) is 6.04 Å². The predicted octanol–water partition coefficient (Wildman–Crippen LogP) is 4.26. The van der Waals surface area contributed by atoms with Crippen molar-refractivity contribution in [1.29, 1.82) is 0 Å². The molecule has 3 aromatic rings. The molecule has 1 aromatic heterocycles. The van der Waals surface area contributed by atoms with Crippen molar-refractivity contribution in [1.82, 2.24) is 14.9 Å². The predicted molar refractivity (Wildman–Crippen MR) is 131 cm³/mol. The number of morpholine rings is 1. The third kappa shape index (κ3) is 3.79. The third-order valence-electron chi connectivity index (χ3n) is 6.61. The molecule has 32 heavy (non-hydrogen) atoms. The van der Waals surface area contributed by atoms with Gasteiger partial charge in [0.25, 0.3) is 0 Å². The normalized spacial score (nSPS) is 18.5. The van der Waals surface area contributed by atoms with Crippen LogP contribution < -0.4 is 9.80 Å². The summed E-state index contributed by atoms with van der Waals surface area (Å²) in [6, 6.07) is 13.6. The number of hydrogen-bond donors (Lipinski definition) is 0. The minimum atomic E-state index is 0.357. The number of rotatable bonds is 5. The Morgan fingerprint density at radius 3 is 2.50 bits per heavy atom. The van der Waals surface area contributed by atoms with Crippen molar-refractivity contribution >= 4 is 28.2 Å². The zero-order chi connectivity index (χ0) is 22.2. The Kier molecular flexibility index (Phi) is 5.47. The van der Waals surface area contributed by atoms with Crippen LogP contribution in [0, 0.1) is 6.92 Å². The van der Waals surface area contributed by atoms with Crippen molar-refractivity contribution in [3.8, 4) is 0 Å². The smallest absolute Gasteiger partial charge is 0.148 e. The fourth-order valence-electron chi connectivity index (χ4n) is 4.49. The summed E-state index contributed by atoms with van der Waals surface area (Å²) in [6.07, 6.45) is 3.03. The minimum absolute atomic E-state index is 0.357. The lowest BCUT2D eigenvalue weighted by atomic mass is 9.92. The van der Waals surface area contributed by atoms with Gasteiger partial charge in [0.15, 0.2) is 0 Å². The van der Waals surface area contributed by atoms with Crippen LogP contribution in [-0.2, 0) is 4.74 Å². The van der Waals surface area contributed by atoms with Crippen LogP contribution in [0.25, 0.3) is 16.7 Å². The molecule has 2 aromatic carbocycles. The van der Waals surface area contributed by atoms with E-state index in [1.54, 1.807) is 0 Å². The van der Waals surface area contributed by atoms with Gasteiger partial charge in [0, 0.05) is 45.0 Å². The molecule has 6 heteroatoms. The largest absolute Gasteiger partial charge is 0.378 e. The molecule has 0 spiro atoms. The average Bonchev–Trinajstić information content (AvgIpc) is 2.79. The molecule has 166 valence electrons. The van der Waals surface area contributed by atoms with Crippen LogP contribution in [0.1, 0.15) is 29.2 Å². The topological polar surface area (TPSA) is 44.7 Å². The maximum absolute atomic E-state index is 5.52. The third-order valence-corrected chi connectivity index (χ3v) is 6.61. The second-order valence-corrected chi connectivity index (χ2v) is 8.94. The van der Waals surface area contributed by atoms with E-state index in [-0.39, 0.29) is 0 Å². The highest BCUT2D eigenvalue weighted by molar-refractivity contribution is 5.93. The molecule has 0 radical (unpaired) electrons. The number of anilines is 2. The molecule has 1 atom stereocenters. The van der Waals surface area contributed by atoms with Crippen molar-refractivity contribution in [2.45, 2.75) is 19.4 Å². The number of benzene rings is 2. The van der Waals surface area contributed by atoms with Gasteiger partial charge in [-0.25, -0.2) is 4.98 Å². The minimum Gasteiger partial charge on any atom is -0.378 e. The van der Waals surface area contributed by atoms with E-state index in [2.05, 4.69) is 59.7 Å². The SMILES string of the molecule is C=C(c1cc(N2CCC2c2ccc(C)cc2)c2nc(N3CCOCC3)cnc2c1)N(C)C. The van der Waals surface area contributed by atoms with Crippen molar-refractivity contribution < 1.29 is 4.74 Å². The Bertz CT molecular complexity index is 1130. The van der Waals surface area contributed by atoms with Crippen LogP contribution in [0.15, 0.2) is 49.2 Å². The van der Waals surface area contributed by atoms with Gasteiger partial charge in [-0.05, 0) is 31.0 Å². The van der Waals surface area contributed by atoms with Crippen LogP contribution in [0.3, 0.4) is 0 Å². The number of aromatic nitrogens is 2. The first-order chi connectivity index (χ1) is 15.5. The Hall–Kier alpha value is -3.12. The zero-order valence-electron chi connectivity index (χ0n) is 19.2. The van der Waals surface area contributed by atoms with Crippen molar-refractivity contribution in [3.05, 3.63) is 65.9 Å². The molecule has 2 aliphatic heterocycles. The molecule has 2 saturated heterocycles. The molecule has 5 rings (SSSR count). The summed E-state index contributed by atoms with van der Waals surface area (Å²) >= 11 is 0. The number of hydrogen-bond acceptors (Lipinski definition) is 6. The molecule has 3 heterocycles. The number of nitrogens with zero attached hydrogens (tertiary/aromatic N) is 5. The highest BCUT2D eigenvalue weighted by atomic mass is 16.5. The quantitative estimate of drug-likeness (QED) is 0.604. The number of aryl methyl sites for hydroxylation is 1. The van der Waals surface area contributed by atoms with Crippen LogP contribution in [0.4, 0.5) is 11.5 Å². The zero-order valence-corrected chi connectivity index (χ0v) is 19.2. The first-order valence-corrected chi connectivity index (χ1v) is 11.3. The van der Waals surface area contributed by atoms with Gasteiger partial charge >= 0.3 is 0 Å². The van der Waals surface area contributed by atoms with Gasteiger partial charge in [-0.15, -0.1) is 0 Å². The van der Waals surface area contributed by atoms with Gasteiger partial charge in [0.05, 0.1) is 36.7 Å². The van der Waals surface area contributed by atoms with E-state index in [1.165, 1.54) is 11.1 Å². The number of fused-ring (bicyclic) bond motifs is 1. The van der Waals surface area contributed by atoms with E-state index in [9.17, 15) is 0 Å². The Balaban J connectivity index is 1.60. The van der Waals surface area contributed by atoms with Gasteiger partial charge in [-0.1, -0.05) is 36.4 Å². The highest BCUT2D eigenvalue weighted by Crippen LogP contribution is 2.42. The van der Waals surface area contributed by atoms with Crippen LogP contribution in [0.2, 0.25) is 0 Å². The van der Waals surface area contributed by atoms with Crippen LogP contribution >= 0.6 is 0 Å². The van der Waals surface area contributed by atoms with Crippen molar-refractivity contribution in [3.63, 3.8) is 0 Å². The van der Waals surface area contributed by atoms with Gasteiger partial charge in [0.2, 0.25) is 0 Å². The Morgan fingerprint density at radius 2 is 1.84 bits per heavy atom. The lowest BCUT2D eigenvalue weighted by molar-refractivity contribution is 0.122. The molecule has 1 unspecified atom stereocenters. The summed E-state index contributed by atoms with van der Waals surface area (Å²) in [5, 5.41) is 0. The fourth-order valence-corrected chi connectivity index (χ4v) is 4.49. The fraction of sp³-hybridized carbons (Fsp3) is 0.385. The summed E-state index contributed by atoms with van der Waals surface area (Å²) in [4.78, 5) is 16.7. The van der Waals surface area contributed by atoms with Gasteiger partial charge in [-0.3, -0.25) is 4.98 Å². The molecule has 0 N–H and O–H groups in total. The van der Waals surface area contributed by atoms with Crippen molar-refractivity contribution in [2.24, 2.45) is 0 Å². The van der Waals surface area contributed by atoms with Crippen LogP contribution in [-0.4, -0.2) is 61.8 Å². The lowest BCUT2D eigenvalue weighted by Crippen LogP contribution is -2.41. The summed E-state index contributed by atoms with van der Waals surface area (Å²) < 4.78 is 5.52. The standard InChI is InChI=1S/C26H31N5O/c1-18-5-7-20(8-6-18)23-9-10-31(23)24-16-21(19(2)29(3)4)15-22-26(24)28-25(17-27-22)30-11-13-32-14-12-30/h5-8,15-17,23H,2,9-14H2,1,3-4H3. The molecule has 0 amide bonds. The van der Waals surface area contributed by atoms with E-state index < -0.39 is 0 Å². The molecule has 0 saturated carbocycles. The maximum Gasteiger partial charge on any atom is 0.148 e. The Labute approximate surface area is 190 Å². The molecule has 6 nitrogen and oxygen atoms in total. The summed E-state index contributed by atoms with van der Waals surface area (Å²) in [5.74, 6) is 0.925. The van der Waals surface area contributed by atoms with Crippen LogP contribution in [0.5, 0.6) is 0 Å². The molecule has 0 aliphatic carbocycles. The van der Waals surface area contributed by atoms with Gasteiger partial charge in [-0.2, -0.15) is 0 Å². The molecular weight excluding hydrogens is 398 g/mol. The molecule has 0 bridgehead atoms. The first kappa shape index (κ1) is 20.8. The van der Waals surface area contributed by atoms with E-state index >= 15 is 0 Å². The van der Waals surface area contributed by atoms with Crippen molar-refractivity contribution in [2.75, 3.05) is 56.7 Å². The summed E-state index contributed by atoms with van der Waals surface area (Å²) in [5.41, 5.74) is 7.70. The monoisotopic (exact) mass is 429 g/mol. The summed E-state index contributed by atoms with van der Waals surface area (Å²) in [7, 11) is 4.05. The Morgan fingerprint density at radius 1 is 1.09 bits per heavy atom. The maximum atomic E-state index is 5.52. The summed E-state index contributed by atoms with van der Waals surface area (Å²) in [6.45, 7) is 10.6. The molecule has 2 aliphatic rings.